The van der Waals surface area contributed by atoms with Crippen molar-refractivity contribution in [2.45, 2.75) is 25.4 Å². The van der Waals surface area contributed by atoms with Gasteiger partial charge in [-0.3, -0.25) is 9.59 Å². The maximum absolute atomic E-state index is 12.7. The smallest absolute Gasteiger partial charge is 0.416 e. The highest BCUT2D eigenvalue weighted by atomic mass is 19.4. The monoisotopic (exact) mass is 315 g/mol. The summed E-state index contributed by atoms with van der Waals surface area (Å²) in [6, 6.07) is 4.97. The van der Waals surface area contributed by atoms with Gasteiger partial charge in [-0.2, -0.15) is 13.2 Å². The Morgan fingerprint density at radius 2 is 2.09 bits per heavy atom. The van der Waals surface area contributed by atoms with Crippen molar-refractivity contribution < 1.29 is 27.9 Å². The van der Waals surface area contributed by atoms with Gasteiger partial charge in [0.25, 0.3) is 0 Å². The lowest BCUT2D eigenvalue weighted by molar-refractivity contribution is -0.141. The number of hydrogen-bond donors (Lipinski definition) is 2. The summed E-state index contributed by atoms with van der Waals surface area (Å²) < 4.78 is 38.0. The Morgan fingerprint density at radius 1 is 1.41 bits per heavy atom. The van der Waals surface area contributed by atoms with Crippen LogP contribution in [0.2, 0.25) is 0 Å². The van der Waals surface area contributed by atoms with Crippen LogP contribution in [0.25, 0.3) is 0 Å². The van der Waals surface area contributed by atoms with E-state index in [9.17, 15) is 22.8 Å². The molecule has 4 nitrogen and oxygen atoms in total. The van der Waals surface area contributed by atoms with Crippen molar-refractivity contribution in [3.8, 4) is 0 Å². The maximum Gasteiger partial charge on any atom is 0.416 e. The third-order valence-electron chi connectivity index (χ3n) is 3.77. The van der Waals surface area contributed by atoms with Crippen LogP contribution in [-0.2, 0) is 15.8 Å². The van der Waals surface area contributed by atoms with Crippen molar-refractivity contribution in [2.75, 3.05) is 6.54 Å². The van der Waals surface area contributed by atoms with E-state index >= 15 is 0 Å². The number of halogens is 3. The van der Waals surface area contributed by atoms with Crippen LogP contribution in [0.4, 0.5) is 13.2 Å². The fourth-order valence-corrected chi connectivity index (χ4v) is 2.27. The van der Waals surface area contributed by atoms with Gasteiger partial charge in [0.05, 0.1) is 11.5 Å². The second-order valence-corrected chi connectivity index (χ2v) is 5.56. The largest absolute Gasteiger partial charge is 0.481 e. The third-order valence-corrected chi connectivity index (χ3v) is 3.77. The summed E-state index contributed by atoms with van der Waals surface area (Å²) in [6.45, 7) is 1.49. The molecule has 0 heterocycles. The van der Waals surface area contributed by atoms with Crippen LogP contribution < -0.4 is 5.32 Å². The lowest BCUT2D eigenvalue weighted by atomic mass is 10.1. The standard InChI is InChI=1S/C15H16F3NO3/c1-8(14(21)22)7-19-13(20)12-6-11(12)9-3-2-4-10(5-9)15(16,17)18/h2-5,8,11-12H,6-7H2,1H3,(H,19,20)(H,21,22)/t8-,11+,12-/m1/s1. The first-order valence-corrected chi connectivity index (χ1v) is 6.88. The van der Waals surface area contributed by atoms with Gasteiger partial charge in [-0.15, -0.1) is 0 Å². The van der Waals surface area contributed by atoms with Gasteiger partial charge in [0, 0.05) is 12.5 Å². The molecule has 0 saturated heterocycles. The SMILES string of the molecule is C[C@H](CNC(=O)[C@@H]1C[C@H]1c1cccc(C(F)(F)F)c1)C(=O)O. The molecule has 1 aromatic carbocycles. The number of alkyl halides is 3. The second kappa shape index (κ2) is 5.98. The van der Waals surface area contributed by atoms with Crippen molar-refractivity contribution in [2.24, 2.45) is 11.8 Å². The first-order valence-electron chi connectivity index (χ1n) is 6.88. The van der Waals surface area contributed by atoms with E-state index in [4.69, 9.17) is 5.11 Å². The molecule has 0 aromatic heterocycles. The Hall–Kier alpha value is -2.05. The van der Waals surface area contributed by atoms with Crippen molar-refractivity contribution in [1.82, 2.24) is 5.32 Å². The number of carbonyl (C=O) groups excluding carboxylic acids is 1. The average molecular weight is 315 g/mol. The van der Waals surface area contributed by atoms with Gasteiger partial charge in [-0.25, -0.2) is 0 Å². The number of nitrogens with one attached hydrogen (secondary N) is 1. The topological polar surface area (TPSA) is 66.4 Å². The Labute approximate surface area is 125 Å². The van der Waals surface area contributed by atoms with E-state index in [0.29, 0.717) is 12.0 Å². The summed E-state index contributed by atoms with van der Waals surface area (Å²) in [6.07, 6.45) is -3.92. The van der Waals surface area contributed by atoms with E-state index < -0.39 is 23.6 Å². The number of carboxylic acids is 1. The lowest BCUT2D eigenvalue weighted by Crippen LogP contribution is -2.32. The van der Waals surface area contributed by atoms with Crippen molar-refractivity contribution in [3.05, 3.63) is 35.4 Å². The van der Waals surface area contributed by atoms with Crippen LogP contribution in [0.1, 0.15) is 30.4 Å². The van der Waals surface area contributed by atoms with Crippen LogP contribution in [0, 0.1) is 11.8 Å². The molecule has 7 heteroatoms. The fourth-order valence-electron chi connectivity index (χ4n) is 2.27. The number of amides is 1. The van der Waals surface area contributed by atoms with Gasteiger partial charge in [0.2, 0.25) is 5.91 Å². The molecule has 3 atom stereocenters. The van der Waals surface area contributed by atoms with Gasteiger partial charge < -0.3 is 10.4 Å². The molecule has 0 bridgehead atoms. The zero-order valence-electron chi connectivity index (χ0n) is 11.9. The maximum atomic E-state index is 12.7. The predicted octanol–water partition coefficient (Wildman–Crippen LogP) is 2.65. The third kappa shape index (κ3) is 3.78. The molecule has 0 spiro atoms. The van der Waals surface area contributed by atoms with E-state index in [1.807, 2.05) is 0 Å². The van der Waals surface area contributed by atoms with E-state index in [0.717, 1.165) is 12.1 Å². The highest BCUT2D eigenvalue weighted by molar-refractivity contribution is 5.83. The average Bonchev–Trinajstić information content (AvgIpc) is 3.24. The summed E-state index contributed by atoms with van der Waals surface area (Å²) >= 11 is 0. The predicted molar refractivity (Wildman–Crippen MR) is 72.1 cm³/mol. The quantitative estimate of drug-likeness (QED) is 0.878. The first kappa shape index (κ1) is 16.3. The van der Waals surface area contributed by atoms with E-state index in [1.165, 1.54) is 13.0 Å². The number of hydrogen-bond acceptors (Lipinski definition) is 2. The molecule has 1 aliphatic rings. The summed E-state index contributed by atoms with van der Waals surface area (Å²) in [5, 5.41) is 11.3. The fraction of sp³-hybridized carbons (Fsp3) is 0.467. The van der Waals surface area contributed by atoms with E-state index in [1.54, 1.807) is 6.07 Å². The van der Waals surface area contributed by atoms with Gasteiger partial charge in [0.1, 0.15) is 0 Å². The van der Waals surface area contributed by atoms with Gasteiger partial charge in [-0.05, 0) is 24.0 Å². The Balaban J connectivity index is 1.95. The van der Waals surface area contributed by atoms with E-state index in [2.05, 4.69) is 5.32 Å². The molecule has 1 fully saturated rings. The first-order chi connectivity index (χ1) is 10.2. The van der Waals surface area contributed by atoms with Crippen LogP contribution in [-0.4, -0.2) is 23.5 Å². The lowest BCUT2D eigenvalue weighted by Gasteiger charge is -2.10. The molecule has 1 saturated carbocycles. The number of carbonyl (C=O) groups is 2. The number of aliphatic carboxylic acids is 1. The summed E-state index contributed by atoms with van der Waals surface area (Å²) in [5.74, 6) is -2.64. The van der Waals surface area contributed by atoms with Crippen LogP contribution >= 0.6 is 0 Å². The molecule has 2 N–H and O–H groups in total. The summed E-state index contributed by atoms with van der Waals surface area (Å²) in [7, 11) is 0. The minimum Gasteiger partial charge on any atom is -0.481 e. The van der Waals surface area contributed by atoms with Crippen molar-refractivity contribution in [3.63, 3.8) is 0 Å². The molecule has 0 aliphatic heterocycles. The molecule has 1 aromatic rings. The molecule has 2 rings (SSSR count). The molecule has 1 aliphatic carbocycles. The number of rotatable bonds is 5. The molecule has 1 amide bonds. The normalized spacial score (nSPS) is 22.0. The molecule has 22 heavy (non-hydrogen) atoms. The molecule has 120 valence electrons. The Bertz CT molecular complexity index is 586. The van der Waals surface area contributed by atoms with Gasteiger partial charge in [0.15, 0.2) is 0 Å². The highest BCUT2D eigenvalue weighted by Gasteiger charge is 2.44. The van der Waals surface area contributed by atoms with Crippen LogP contribution in [0.3, 0.4) is 0 Å². The Kier molecular flexibility index (Phi) is 4.44. The second-order valence-electron chi connectivity index (χ2n) is 5.56. The zero-order chi connectivity index (χ0) is 16.5. The number of carboxylic acid groups (broad SMARTS) is 1. The zero-order valence-corrected chi connectivity index (χ0v) is 11.9. The van der Waals surface area contributed by atoms with Crippen molar-refractivity contribution in [1.29, 1.82) is 0 Å². The molecular weight excluding hydrogens is 299 g/mol. The van der Waals surface area contributed by atoms with Gasteiger partial charge in [-0.1, -0.05) is 25.1 Å². The molecule has 0 radical (unpaired) electrons. The molecular formula is C15H16F3NO3. The minimum atomic E-state index is -4.40. The minimum absolute atomic E-state index is 0.0139. The summed E-state index contributed by atoms with van der Waals surface area (Å²) in [4.78, 5) is 22.5. The van der Waals surface area contributed by atoms with Crippen LogP contribution in [0.5, 0.6) is 0 Å². The number of benzene rings is 1. The van der Waals surface area contributed by atoms with Crippen LogP contribution in [0.15, 0.2) is 24.3 Å². The van der Waals surface area contributed by atoms with Crippen molar-refractivity contribution >= 4 is 11.9 Å². The Morgan fingerprint density at radius 3 is 2.68 bits per heavy atom. The highest BCUT2D eigenvalue weighted by Crippen LogP contribution is 2.48. The molecule has 0 unspecified atom stereocenters. The van der Waals surface area contributed by atoms with Gasteiger partial charge >= 0.3 is 12.1 Å². The van der Waals surface area contributed by atoms with E-state index in [-0.39, 0.29) is 24.3 Å². The summed E-state index contributed by atoms with van der Waals surface area (Å²) in [5.41, 5.74) is -0.239.